The second-order valence-electron chi connectivity index (χ2n) is 5.28. The molecule has 1 aliphatic rings. The van der Waals surface area contributed by atoms with E-state index in [4.69, 9.17) is 9.47 Å². The van der Waals surface area contributed by atoms with Crippen LogP contribution in [0.2, 0.25) is 0 Å². The lowest BCUT2D eigenvalue weighted by molar-refractivity contribution is 0.0635. The number of rotatable bonds is 3. The van der Waals surface area contributed by atoms with Crippen LogP contribution in [0.15, 0.2) is 41.8 Å². The van der Waals surface area contributed by atoms with Gasteiger partial charge in [-0.25, -0.2) is 4.79 Å². The molecule has 0 N–H and O–H groups in total. The lowest BCUT2D eigenvalue weighted by Gasteiger charge is -2.33. The van der Waals surface area contributed by atoms with Gasteiger partial charge in [0, 0.05) is 26.2 Å². The molecule has 1 saturated heterocycles. The summed E-state index contributed by atoms with van der Waals surface area (Å²) in [5, 5.41) is 1.83. The smallest absolute Gasteiger partial charge is 0.415 e. The third-order valence-electron chi connectivity index (χ3n) is 3.82. The molecule has 0 radical (unpaired) electrons. The van der Waals surface area contributed by atoms with Crippen molar-refractivity contribution in [1.29, 1.82) is 0 Å². The highest BCUT2D eigenvalue weighted by molar-refractivity contribution is 7.12. The number of benzene rings is 1. The summed E-state index contributed by atoms with van der Waals surface area (Å²) in [6.45, 7) is 1.85. The molecule has 0 atom stereocenters. The molecule has 2 aromatic rings. The Morgan fingerprint density at radius 1 is 1.00 bits per heavy atom. The van der Waals surface area contributed by atoms with Crippen LogP contribution in [0.3, 0.4) is 0 Å². The summed E-state index contributed by atoms with van der Waals surface area (Å²) in [5.74, 6) is 1.05. The summed E-state index contributed by atoms with van der Waals surface area (Å²) in [5.41, 5.74) is 0. The predicted molar refractivity (Wildman–Crippen MR) is 90.8 cm³/mol. The standard InChI is InChI=1S/C17H18N2O4S/c1-22-14-7-12-24-15(14)16(20)18-8-10-19(11-9-18)17(21)23-13-5-3-2-4-6-13/h2-7,12H,8-11H2,1H3. The van der Waals surface area contributed by atoms with Crippen LogP contribution in [0.5, 0.6) is 11.5 Å². The fraction of sp³-hybridized carbons (Fsp3) is 0.294. The second-order valence-corrected chi connectivity index (χ2v) is 6.19. The van der Waals surface area contributed by atoms with Gasteiger partial charge in [0.15, 0.2) is 0 Å². The number of hydrogen-bond donors (Lipinski definition) is 0. The minimum absolute atomic E-state index is 0.0575. The maximum Gasteiger partial charge on any atom is 0.415 e. The predicted octanol–water partition coefficient (Wildman–Crippen LogP) is 2.71. The van der Waals surface area contributed by atoms with Crippen molar-refractivity contribution in [3.8, 4) is 11.5 Å². The fourth-order valence-corrected chi connectivity index (χ4v) is 3.33. The van der Waals surface area contributed by atoms with Gasteiger partial charge in [0.05, 0.1) is 7.11 Å². The molecule has 0 unspecified atom stereocenters. The van der Waals surface area contributed by atoms with Crippen molar-refractivity contribution in [1.82, 2.24) is 9.80 Å². The molecule has 0 spiro atoms. The number of thiophene rings is 1. The van der Waals surface area contributed by atoms with Gasteiger partial charge in [0.1, 0.15) is 16.4 Å². The van der Waals surface area contributed by atoms with Crippen molar-refractivity contribution in [2.45, 2.75) is 0 Å². The Morgan fingerprint density at radius 2 is 1.67 bits per heavy atom. The lowest BCUT2D eigenvalue weighted by atomic mass is 10.3. The van der Waals surface area contributed by atoms with Gasteiger partial charge < -0.3 is 19.3 Å². The number of carbonyl (C=O) groups is 2. The molecule has 0 saturated carbocycles. The summed E-state index contributed by atoms with van der Waals surface area (Å²) in [6.07, 6.45) is -0.387. The van der Waals surface area contributed by atoms with Gasteiger partial charge >= 0.3 is 6.09 Å². The SMILES string of the molecule is COc1ccsc1C(=O)N1CCN(C(=O)Oc2ccccc2)CC1. The number of piperazine rings is 1. The first-order chi connectivity index (χ1) is 11.7. The van der Waals surface area contributed by atoms with Gasteiger partial charge in [0.2, 0.25) is 0 Å². The summed E-state index contributed by atoms with van der Waals surface area (Å²) < 4.78 is 10.5. The Bertz CT molecular complexity index is 708. The van der Waals surface area contributed by atoms with Crippen LogP contribution in [-0.2, 0) is 0 Å². The summed E-state index contributed by atoms with van der Waals surface area (Å²) in [4.78, 5) is 28.6. The molecule has 126 valence electrons. The van der Waals surface area contributed by atoms with Crippen molar-refractivity contribution in [2.24, 2.45) is 0 Å². The number of carbonyl (C=O) groups excluding carboxylic acids is 2. The van der Waals surface area contributed by atoms with Crippen LogP contribution >= 0.6 is 11.3 Å². The molecule has 1 aromatic heterocycles. The Hall–Kier alpha value is -2.54. The van der Waals surface area contributed by atoms with Gasteiger partial charge in [-0.3, -0.25) is 4.79 Å². The van der Waals surface area contributed by atoms with Gasteiger partial charge in [-0.2, -0.15) is 0 Å². The number of hydrogen-bond acceptors (Lipinski definition) is 5. The highest BCUT2D eigenvalue weighted by Gasteiger charge is 2.27. The summed E-state index contributed by atoms with van der Waals surface area (Å²) in [6, 6.07) is 10.7. The first-order valence-corrected chi connectivity index (χ1v) is 8.49. The first-order valence-electron chi connectivity index (χ1n) is 7.61. The van der Waals surface area contributed by atoms with E-state index >= 15 is 0 Å². The van der Waals surface area contributed by atoms with Crippen LogP contribution in [0.25, 0.3) is 0 Å². The molecule has 24 heavy (non-hydrogen) atoms. The van der Waals surface area contributed by atoms with Crippen LogP contribution in [-0.4, -0.2) is 55.1 Å². The number of para-hydroxylation sites is 1. The van der Waals surface area contributed by atoms with Crippen LogP contribution in [0.4, 0.5) is 4.79 Å². The Balaban J connectivity index is 1.56. The van der Waals surface area contributed by atoms with Crippen molar-refractivity contribution in [2.75, 3.05) is 33.3 Å². The third-order valence-corrected chi connectivity index (χ3v) is 4.70. The number of amides is 2. The minimum atomic E-state index is -0.387. The van der Waals surface area contributed by atoms with Gasteiger partial charge in [-0.05, 0) is 23.6 Å². The van der Waals surface area contributed by atoms with Gasteiger partial charge in [-0.15, -0.1) is 11.3 Å². The molecule has 0 aliphatic carbocycles. The summed E-state index contributed by atoms with van der Waals surface area (Å²) >= 11 is 1.36. The van der Waals surface area contributed by atoms with E-state index in [1.165, 1.54) is 11.3 Å². The molecule has 1 aromatic carbocycles. The van der Waals surface area contributed by atoms with E-state index < -0.39 is 0 Å². The Morgan fingerprint density at radius 3 is 2.33 bits per heavy atom. The van der Waals surface area contributed by atoms with E-state index in [9.17, 15) is 9.59 Å². The van der Waals surface area contributed by atoms with Crippen molar-refractivity contribution in [3.63, 3.8) is 0 Å². The maximum absolute atomic E-state index is 12.5. The molecule has 1 fully saturated rings. The molecular weight excluding hydrogens is 328 g/mol. The van der Waals surface area contributed by atoms with Gasteiger partial charge in [-0.1, -0.05) is 18.2 Å². The maximum atomic E-state index is 12.5. The molecule has 0 bridgehead atoms. The zero-order chi connectivity index (χ0) is 16.9. The van der Waals surface area contributed by atoms with Crippen molar-refractivity contribution in [3.05, 3.63) is 46.7 Å². The van der Waals surface area contributed by atoms with Gasteiger partial charge in [0.25, 0.3) is 5.91 Å². The van der Waals surface area contributed by atoms with E-state index in [2.05, 4.69) is 0 Å². The topological polar surface area (TPSA) is 59.1 Å². The first kappa shape index (κ1) is 16.3. The molecule has 3 rings (SSSR count). The van der Waals surface area contributed by atoms with E-state index in [-0.39, 0.29) is 12.0 Å². The lowest BCUT2D eigenvalue weighted by Crippen LogP contribution is -2.51. The van der Waals surface area contributed by atoms with E-state index in [0.29, 0.717) is 42.6 Å². The van der Waals surface area contributed by atoms with Crippen LogP contribution in [0, 0.1) is 0 Å². The quantitative estimate of drug-likeness (QED) is 0.857. The van der Waals surface area contributed by atoms with Crippen molar-refractivity contribution < 1.29 is 19.1 Å². The molecule has 1 aliphatic heterocycles. The van der Waals surface area contributed by atoms with E-state index in [1.807, 2.05) is 23.6 Å². The molecule has 6 nitrogen and oxygen atoms in total. The highest BCUT2D eigenvalue weighted by Crippen LogP contribution is 2.26. The number of ether oxygens (including phenoxy) is 2. The Labute approximate surface area is 144 Å². The minimum Gasteiger partial charge on any atom is -0.495 e. The van der Waals surface area contributed by atoms with Crippen molar-refractivity contribution >= 4 is 23.3 Å². The molecule has 2 amide bonds. The molecule has 7 heteroatoms. The number of nitrogens with zero attached hydrogens (tertiary/aromatic N) is 2. The average Bonchev–Trinajstić information content (AvgIpc) is 3.11. The van der Waals surface area contributed by atoms with E-state index in [1.54, 1.807) is 35.1 Å². The van der Waals surface area contributed by atoms with Crippen LogP contribution in [0.1, 0.15) is 9.67 Å². The van der Waals surface area contributed by atoms with Crippen LogP contribution < -0.4 is 9.47 Å². The normalized spacial score (nSPS) is 14.4. The largest absolute Gasteiger partial charge is 0.495 e. The fourth-order valence-electron chi connectivity index (χ4n) is 2.50. The zero-order valence-corrected chi connectivity index (χ0v) is 14.1. The third kappa shape index (κ3) is 3.51. The molecule has 2 heterocycles. The average molecular weight is 346 g/mol. The highest BCUT2D eigenvalue weighted by atomic mass is 32.1. The van der Waals surface area contributed by atoms with E-state index in [0.717, 1.165) is 0 Å². The molecular formula is C17H18N2O4S. The number of methoxy groups -OCH3 is 1. The monoisotopic (exact) mass is 346 g/mol. The Kier molecular flexibility index (Phi) is 5.00. The second kappa shape index (κ2) is 7.35. The summed E-state index contributed by atoms with van der Waals surface area (Å²) in [7, 11) is 1.55. The zero-order valence-electron chi connectivity index (χ0n) is 13.3.